The Balaban J connectivity index is 1.78. The molecule has 6 heteroatoms. The van der Waals surface area contributed by atoms with Gasteiger partial charge >= 0.3 is 0 Å². The van der Waals surface area contributed by atoms with E-state index in [0.29, 0.717) is 6.54 Å². The van der Waals surface area contributed by atoms with Crippen molar-refractivity contribution in [1.29, 1.82) is 0 Å². The average molecular weight is 303 g/mol. The molecule has 0 amide bonds. The van der Waals surface area contributed by atoms with Gasteiger partial charge < -0.3 is 15.5 Å². The van der Waals surface area contributed by atoms with Gasteiger partial charge in [-0.3, -0.25) is 4.98 Å². The summed E-state index contributed by atoms with van der Waals surface area (Å²) in [5, 5.41) is 3.15. The van der Waals surface area contributed by atoms with E-state index in [9.17, 15) is 0 Å². The van der Waals surface area contributed by atoms with Crippen molar-refractivity contribution >= 4 is 22.2 Å². The van der Waals surface area contributed by atoms with Crippen molar-refractivity contribution in [2.75, 3.05) is 36.0 Å². The summed E-state index contributed by atoms with van der Waals surface area (Å²) in [7, 11) is 0. The summed E-state index contributed by atoms with van der Waals surface area (Å²) in [6.45, 7) is 8.62. The number of nitrogens with zero attached hydrogens (tertiary/aromatic N) is 4. The van der Waals surface area contributed by atoms with Gasteiger partial charge in [-0.15, -0.1) is 11.3 Å². The van der Waals surface area contributed by atoms with E-state index in [1.165, 1.54) is 11.3 Å². The van der Waals surface area contributed by atoms with Crippen LogP contribution in [0, 0.1) is 13.8 Å². The zero-order valence-electron chi connectivity index (χ0n) is 12.5. The third-order valence-electron chi connectivity index (χ3n) is 3.95. The molecule has 5 nitrogen and oxygen atoms in total. The Hall–Kier alpha value is -1.66. The smallest absolute Gasteiger partial charge is 0.185 e. The molecule has 0 unspecified atom stereocenters. The van der Waals surface area contributed by atoms with Crippen molar-refractivity contribution in [1.82, 2.24) is 9.97 Å². The van der Waals surface area contributed by atoms with E-state index in [-0.39, 0.29) is 0 Å². The molecule has 0 atom stereocenters. The fourth-order valence-electron chi connectivity index (χ4n) is 2.88. The maximum absolute atomic E-state index is 5.93. The van der Waals surface area contributed by atoms with E-state index in [2.05, 4.69) is 25.8 Å². The molecule has 3 rings (SSSR count). The molecule has 2 aromatic heterocycles. The van der Waals surface area contributed by atoms with Gasteiger partial charge in [0.2, 0.25) is 0 Å². The predicted octanol–water partition coefficient (Wildman–Crippen LogP) is 1.94. The minimum absolute atomic E-state index is 0.543. The first kappa shape index (κ1) is 14.3. The van der Waals surface area contributed by atoms with E-state index >= 15 is 0 Å². The summed E-state index contributed by atoms with van der Waals surface area (Å²) in [5.74, 6) is 0. The molecule has 2 aromatic rings. The number of rotatable bonds is 3. The van der Waals surface area contributed by atoms with Crippen molar-refractivity contribution in [3.8, 4) is 0 Å². The number of hydrogen-bond donors (Lipinski definition) is 1. The molecule has 0 aromatic carbocycles. The molecular formula is C15H21N5S. The summed E-state index contributed by atoms with van der Waals surface area (Å²) in [6.07, 6.45) is 1.87. The van der Waals surface area contributed by atoms with Crippen molar-refractivity contribution in [3.05, 3.63) is 34.6 Å². The Labute approximate surface area is 129 Å². The fraction of sp³-hybridized carbons (Fsp3) is 0.467. The molecule has 0 spiro atoms. The van der Waals surface area contributed by atoms with Crippen LogP contribution in [0.1, 0.15) is 17.0 Å². The summed E-state index contributed by atoms with van der Waals surface area (Å²) < 4.78 is 0. The highest BCUT2D eigenvalue weighted by atomic mass is 32.1. The van der Waals surface area contributed by atoms with Crippen LogP contribution in [0.2, 0.25) is 0 Å². The topological polar surface area (TPSA) is 58.3 Å². The average Bonchev–Trinajstić information content (AvgIpc) is 3.01. The molecule has 2 N–H and O–H groups in total. The molecule has 3 heterocycles. The molecule has 1 fully saturated rings. The van der Waals surface area contributed by atoms with E-state index in [4.69, 9.17) is 5.73 Å². The Morgan fingerprint density at radius 3 is 2.52 bits per heavy atom. The van der Waals surface area contributed by atoms with Crippen LogP contribution in [-0.4, -0.2) is 36.1 Å². The molecule has 0 aliphatic carbocycles. The quantitative estimate of drug-likeness (QED) is 0.939. The van der Waals surface area contributed by atoms with Crippen LogP contribution in [-0.2, 0) is 6.54 Å². The SMILES string of the molecule is Cc1cc(N2CCN(c3nccs3)CC2)c(CN)c(C)n1. The van der Waals surface area contributed by atoms with Gasteiger partial charge in [0.1, 0.15) is 0 Å². The third-order valence-corrected chi connectivity index (χ3v) is 4.78. The van der Waals surface area contributed by atoms with Crippen LogP contribution < -0.4 is 15.5 Å². The number of thiazole rings is 1. The number of anilines is 2. The van der Waals surface area contributed by atoms with Gasteiger partial charge in [-0.05, 0) is 19.9 Å². The lowest BCUT2D eigenvalue weighted by Crippen LogP contribution is -2.47. The molecule has 1 aliphatic rings. The van der Waals surface area contributed by atoms with Crippen molar-refractivity contribution < 1.29 is 0 Å². The van der Waals surface area contributed by atoms with Crippen LogP contribution in [0.3, 0.4) is 0 Å². The lowest BCUT2D eigenvalue weighted by Gasteiger charge is -2.37. The second kappa shape index (κ2) is 5.99. The van der Waals surface area contributed by atoms with E-state index in [1.807, 2.05) is 25.4 Å². The fourth-order valence-corrected chi connectivity index (χ4v) is 3.58. The molecule has 0 saturated carbocycles. The van der Waals surface area contributed by atoms with Gasteiger partial charge in [0.25, 0.3) is 0 Å². The number of piperazine rings is 1. The summed E-state index contributed by atoms with van der Waals surface area (Å²) in [5.41, 5.74) is 10.5. The second-order valence-corrected chi connectivity index (χ2v) is 6.21. The number of pyridine rings is 1. The highest BCUT2D eigenvalue weighted by Crippen LogP contribution is 2.26. The number of aromatic nitrogens is 2. The van der Waals surface area contributed by atoms with Gasteiger partial charge in [0.15, 0.2) is 5.13 Å². The summed E-state index contributed by atoms with van der Waals surface area (Å²) in [4.78, 5) is 13.7. The molecule has 0 radical (unpaired) electrons. The largest absolute Gasteiger partial charge is 0.368 e. The Morgan fingerprint density at radius 1 is 1.19 bits per heavy atom. The van der Waals surface area contributed by atoms with Gasteiger partial charge in [-0.1, -0.05) is 0 Å². The highest BCUT2D eigenvalue weighted by Gasteiger charge is 2.21. The normalized spacial score (nSPS) is 15.6. The zero-order valence-corrected chi connectivity index (χ0v) is 13.4. The maximum atomic E-state index is 5.93. The molecule has 1 saturated heterocycles. The Bertz CT molecular complexity index is 603. The van der Waals surface area contributed by atoms with Crippen LogP contribution in [0.5, 0.6) is 0 Å². The first-order chi connectivity index (χ1) is 10.2. The summed E-state index contributed by atoms with van der Waals surface area (Å²) in [6, 6.07) is 2.16. The molecule has 1 aliphatic heterocycles. The van der Waals surface area contributed by atoms with E-state index in [0.717, 1.165) is 42.7 Å². The first-order valence-corrected chi connectivity index (χ1v) is 8.13. The number of nitrogens with two attached hydrogens (primary N) is 1. The molecule has 21 heavy (non-hydrogen) atoms. The number of aryl methyl sites for hydroxylation is 2. The van der Waals surface area contributed by atoms with Crippen molar-refractivity contribution in [2.24, 2.45) is 5.73 Å². The summed E-state index contributed by atoms with van der Waals surface area (Å²) >= 11 is 1.71. The van der Waals surface area contributed by atoms with E-state index in [1.54, 1.807) is 11.3 Å². The molecule has 0 bridgehead atoms. The minimum Gasteiger partial charge on any atom is -0.368 e. The standard InChI is InChI=1S/C15H21N5S/c1-11-9-14(13(10-16)12(2)18-11)19-4-6-20(7-5-19)15-17-3-8-21-15/h3,8-9H,4-7,10,16H2,1-2H3. The van der Waals surface area contributed by atoms with Crippen LogP contribution in [0.15, 0.2) is 17.6 Å². The first-order valence-electron chi connectivity index (χ1n) is 7.25. The highest BCUT2D eigenvalue weighted by molar-refractivity contribution is 7.13. The van der Waals surface area contributed by atoms with Crippen LogP contribution in [0.4, 0.5) is 10.8 Å². The monoisotopic (exact) mass is 303 g/mol. The predicted molar refractivity (Wildman–Crippen MR) is 88.1 cm³/mol. The van der Waals surface area contributed by atoms with Crippen LogP contribution in [0.25, 0.3) is 0 Å². The van der Waals surface area contributed by atoms with Crippen molar-refractivity contribution in [2.45, 2.75) is 20.4 Å². The van der Waals surface area contributed by atoms with Crippen molar-refractivity contribution in [3.63, 3.8) is 0 Å². The molecule has 112 valence electrons. The Morgan fingerprint density at radius 2 is 1.90 bits per heavy atom. The van der Waals surface area contributed by atoms with Crippen LogP contribution >= 0.6 is 11.3 Å². The lowest BCUT2D eigenvalue weighted by atomic mass is 10.1. The van der Waals surface area contributed by atoms with Gasteiger partial charge in [0.05, 0.1) is 0 Å². The lowest BCUT2D eigenvalue weighted by molar-refractivity contribution is 0.648. The van der Waals surface area contributed by atoms with Gasteiger partial charge in [-0.2, -0.15) is 0 Å². The molecular weight excluding hydrogens is 282 g/mol. The van der Waals surface area contributed by atoms with Gasteiger partial charge in [-0.25, -0.2) is 4.98 Å². The van der Waals surface area contributed by atoms with Gasteiger partial charge in [0, 0.05) is 66.9 Å². The minimum atomic E-state index is 0.543. The Kier molecular flexibility index (Phi) is 4.07. The zero-order chi connectivity index (χ0) is 14.8. The second-order valence-electron chi connectivity index (χ2n) is 5.34. The third kappa shape index (κ3) is 2.87. The maximum Gasteiger partial charge on any atom is 0.185 e. The van der Waals surface area contributed by atoms with E-state index < -0.39 is 0 Å². The number of hydrogen-bond acceptors (Lipinski definition) is 6.